The zero-order valence-electron chi connectivity index (χ0n) is 33.6. The molecule has 6 aromatic carbocycles. The zero-order valence-corrected chi connectivity index (χ0v) is 38.7. The van der Waals surface area contributed by atoms with Crippen LogP contribution in [0.1, 0.15) is 104 Å². The summed E-state index contributed by atoms with van der Waals surface area (Å²) < 4.78 is -0.169. The van der Waals surface area contributed by atoms with Crippen molar-refractivity contribution in [3.63, 3.8) is 0 Å². The van der Waals surface area contributed by atoms with Crippen LogP contribution in [-0.4, -0.2) is 5.92 Å². The minimum atomic E-state index is -5.23. The molecule has 0 amide bonds. The van der Waals surface area contributed by atoms with Crippen molar-refractivity contribution in [1.29, 1.82) is 0 Å². The van der Waals surface area contributed by atoms with E-state index in [1.807, 2.05) is 0 Å². The molecule has 0 aliphatic heterocycles. The molecule has 0 saturated carbocycles. The second kappa shape index (κ2) is 15.7. The van der Waals surface area contributed by atoms with Crippen LogP contribution < -0.4 is 0 Å². The summed E-state index contributed by atoms with van der Waals surface area (Å²) in [7, 11) is 18.1. The summed E-state index contributed by atoms with van der Waals surface area (Å²) in [4.78, 5) is 0. The van der Waals surface area contributed by atoms with Gasteiger partial charge in [0.05, 0.1) is 0 Å². The quantitative estimate of drug-likeness (QED) is 0.114. The third-order valence-electron chi connectivity index (χ3n) is 13.3. The number of allylic oxidation sites excluding steroid dienone is 2. The molecular weight excluding hydrogens is 815 g/mol. The van der Waals surface area contributed by atoms with E-state index in [-0.39, 0.29) is 7.25 Å². The SMILES string of the molecule is CCC(C)c1ccccc1-c1cccc2c1C=C(c1ccccc1)[CH]2[Zr]([Cl])([Cl])([CH]1C(c2ccccc2)=Cc2c(-c3ccccc3C(C)CC)cccc21)[SiH](C)C. The Labute approximate surface area is 344 Å². The fourth-order valence-corrected chi connectivity index (χ4v) is 39.9. The van der Waals surface area contributed by atoms with Crippen LogP contribution in [0.15, 0.2) is 146 Å². The Morgan fingerprint density at radius 1 is 0.482 bits per heavy atom. The number of benzene rings is 6. The second-order valence-electron chi connectivity index (χ2n) is 16.6. The fraction of sp³-hybridized carbons (Fsp3) is 0.231. The second-order valence-corrected chi connectivity index (χ2v) is 59.1. The third kappa shape index (κ3) is 6.44. The molecule has 4 unspecified atom stereocenters. The van der Waals surface area contributed by atoms with Gasteiger partial charge >= 0.3 is 347 Å². The van der Waals surface area contributed by atoms with Crippen LogP contribution >= 0.6 is 17.0 Å². The van der Waals surface area contributed by atoms with E-state index in [1.165, 1.54) is 77.9 Å². The van der Waals surface area contributed by atoms with Crippen LogP contribution in [0.4, 0.5) is 0 Å². The number of hydrogen-bond acceptors (Lipinski definition) is 0. The Kier molecular flexibility index (Phi) is 11.0. The molecule has 0 N–H and O–H groups in total. The van der Waals surface area contributed by atoms with Crippen LogP contribution in [0.5, 0.6) is 0 Å². The van der Waals surface area contributed by atoms with Gasteiger partial charge in [0, 0.05) is 0 Å². The average Bonchev–Trinajstić information content (AvgIpc) is 3.85. The third-order valence-corrected chi connectivity index (χ3v) is 64.9. The van der Waals surface area contributed by atoms with E-state index in [1.54, 1.807) is 0 Å². The Balaban J connectivity index is 1.42. The van der Waals surface area contributed by atoms with Crippen LogP contribution in [0.3, 0.4) is 0 Å². The van der Waals surface area contributed by atoms with E-state index in [2.05, 4.69) is 199 Å². The number of hydrogen-bond donors (Lipinski definition) is 0. The fourth-order valence-electron chi connectivity index (χ4n) is 9.84. The van der Waals surface area contributed by atoms with Gasteiger partial charge in [-0.2, -0.15) is 0 Å². The Morgan fingerprint density at radius 2 is 0.839 bits per heavy atom. The number of fused-ring (bicyclic) bond motifs is 2. The first-order chi connectivity index (χ1) is 27.1. The summed E-state index contributed by atoms with van der Waals surface area (Å²) in [6.45, 7) is 14.2. The molecule has 0 fully saturated rings. The average molecular weight is 868 g/mol. The van der Waals surface area contributed by atoms with Crippen molar-refractivity contribution in [2.75, 3.05) is 0 Å². The molecule has 8 rings (SSSR count). The summed E-state index contributed by atoms with van der Waals surface area (Å²) in [5, 5.41) is 0. The Morgan fingerprint density at radius 3 is 1.21 bits per heavy atom. The molecule has 56 heavy (non-hydrogen) atoms. The molecule has 0 radical (unpaired) electrons. The molecule has 4 atom stereocenters. The van der Waals surface area contributed by atoms with Gasteiger partial charge in [-0.3, -0.25) is 0 Å². The van der Waals surface area contributed by atoms with E-state index >= 15 is 0 Å². The van der Waals surface area contributed by atoms with Gasteiger partial charge in [-0.1, -0.05) is 0 Å². The Bertz CT molecular complexity index is 2300. The van der Waals surface area contributed by atoms with Gasteiger partial charge in [-0.15, -0.1) is 0 Å². The molecule has 2 aliphatic carbocycles. The standard InChI is InChI=1S/2C25H23.C2H7Si.2ClH.Zr/c2*1-3-18(2)22-13-7-8-14-23(22)24-15-9-12-20-16-21(17-25(20)24)19-10-5-4-6-11-19;1-3-2;;;/h2*4-18H,3H2,1-2H3;3H,1-2H3;2*1H;/q;;;;;+2/p-2. The summed E-state index contributed by atoms with van der Waals surface area (Å²) in [5.41, 5.74) is 18.1. The van der Waals surface area contributed by atoms with Crippen LogP contribution in [-0.2, 0) is 15.6 Å². The van der Waals surface area contributed by atoms with Gasteiger partial charge < -0.3 is 0 Å². The van der Waals surface area contributed by atoms with Gasteiger partial charge in [0.15, 0.2) is 0 Å². The van der Waals surface area contributed by atoms with Crippen LogP contribution in [0, 0.1) is 0 Å². The topological polar surface area (TPSA) is 0 Å². The monoisotopic (exact) mass is 865 g/mol. The zero-order chi connectivity index (χ0) is 39.2. The molecule has 283 valence electrons. The molecule has 0 heterocycles. The van der Waals surface area contributed by atoms with Crippen molar-refractivity contribution in [3.8, 4) is 22.3 Å². The van der Waals surface area contributed by atoms with Gasteiger partial charge in [0.2, 0.25) is 0 Å². The Hall–Kier alpha value is -3.52. The van der Waals surface area contributed by atoms with Crippen molar-refractivity contribution >= 4 is 46.2 Å². The maximum atomic E-state index is 9.05. The maximum absolute atomic E-state index is 9.05. The molecule has 6 aromatic rings. The van der Waals surface area contributed by atoms with Crippen molar-refractivity contribution < 1.29 is 15.6 Å². The van der Waals surface area contributed by atoms with E-state index < -0.39 is 21.5 Å². The van der Waals surface area contributed by atoms with Gasteiger partial charge in [-0.25, -0.2) is 0 Å². The van der Waals surface area contributed by atoms with E-state index in [0.717, 1.165) is 12.8 Å². The summed E-state index contributed by atoms with van der Waals surface area (Å²) in [6.07, 6.45) is 7.13. The number of rotatable bonds is 11. The van der Waals surface area contributed by atoms with Crippen molar-refractivity contribution in [2.45, 2.75) is 72.7 Å². The predicted octanol–water partition coefficient (Wildman–Crippen LogP) is 15.9. The molecule has 0 nitrogen and oxygen atoms in total. The van der Waals surface area contributed by atoms with Crippen LogP contribution in [0.25, 0.3) is 45.6 Å². The predicted molar refractivity (Wildman–Crippen MR) is 246 cm³/mol. The van der Waals surface area contributed by atoms with Crippen molar-refractivity contribution in [2.24, 2.45) is 0 Å². The van der Waals surface area contributed by atoms with Gasteiger partial charge in [0.1, 0.15) is 0 Å². The van der Waals surface area contributed by atoms with Gasteiger partial charge in [0.25, 0.3) is 0 Å². The summed E-state index contributed by atoms with van der Waals surface area (Å²) in [6, 6.07) is 53.8. The van der Waals surface area contributed by atoms with E-state index in [9.17, 15) is 0 Å². The first-order valence-electron chi connectivity index (χ1n) is 20.6. The molecule has 4 heteroatoms. The molecule has 0 saturated heterocycles. The first-order valence-corrected chi connectivity index (χ1v) is 36.9. The summed E-state index contributed by atoms with van der Waals surface area (Å²) in [5.74, 6) is -0.959. The summed E-state index contributed by atoms with van der Waals surface area (Å²) >= 11 is -5.23. The number of halogens is 2. The van der Waals surface area contributed by atoms with Crippen molar-refractivity contribution in [1.82, 2.24) is 0 Å². The molecule has 0 bridgehead atoms. The van der Waals surface area contributed by atoms with Gasteiger partial charge in [-0.05, 0) is 0 Å². The minimum absolute atomic E-state index is 0.0846. The van der Waals surface area contributed by atoms with Crippen molar-refractivity contribution in [3.05, 3.63) is 190 Å². The molecular formula is C52H53Cl2SiZr. The van der Waals surface area contributed by atoms with Crippen LogP contribution in [0.2, 0.25) is 13.1 Å². The van der Waals surface area contributed by atoms with E-state index in [4.69, 9.17) is 17.0 Å². The molecule has 2 aliphatic rings. The first kappa shape index (κ1) is 39.3. The molecule has 0 spiro atoms. The molecule has 0 aromatic heterocycles. The van der Waals surface area contributed by atoms with E-state index in [0.29, 0.717) is 11.8 Å². The normalized spacial score (nSPS) is 18.1.